The van der Waals surface area contributed by atoms with Crippen LogP contribution in [0.3, 0.4) is 0 Å². The van der Waals surface area contributed by atoms with Gasteiger partial charge in [-0.25, -0.2) is 9.69 Å². The van der Waals surface area contributed by atoms with Gasteiger partial charge in [-0.05, 0) is 85.9 Å². The van der Waals surface area contributed by atoms with Crippen molar-refractivity contribution in [3.8, 4) is 11.1 Å². The maximum absolute atomic E-state index is 13.5. The summed E-state index contributed by atoms with van der Waals surface area (Å²) in [5, 5.41) is 13.2. The first-order chi connectivity index (χ1) is 18.0. The highest BCUT2D eigenvalue weighted by molar-refractivity contribution is 7.15. The number of hydrogen-bond donors (Lipinski definition) is 1. The summed E-state index contributed by atoms with van der Waals surface area (Å²) in [6, 6.07) is 10.8. The van der Waals surface area contributed by atoms with E-state index in [1.807, 2.05) is 36.6 Å². The third kappa shape index (κ3) is 4.27. The molecule has 38 heavy (non-hydrogen) atoms. The fourth-order valence-electron chi connectivity index (χ4n) is 5.23. The number of nitrogens with zero attached hydrogens (tertiary/aromatic N) is 3. The lowest BCUT2D eigenvalue weighted by Gasteiger charge is -2.27. The lowest BCUT2D eigenvalue weighted by Crippen LogP contribution is -2.54. The van der Waals surface area contributed by atoms with Crippen LogP contribution in [-0.4, -0.2) is 22.4 Å². The third-order valence-corrected chi connectivity index (χ3v) is 8.61. The van der Waals surface area contributed by atoms with Crippen LogP contribution in [-0.2, 0) is 27.8 Å². The van der Waals surface area contributed by atoms with Gasteiger partial charge in [-0.3, -0.25) is 14.9 Å². The minimum atomic E-state index is -0.769. The molecule has 194 valence electrons. The molecule has 1 saturated heterocycles. The van der Waals surface area contributed by atoms with Gasteiger partial charge in [0.05, 0.1) is 11.3 Å². The van der Waals surface area contributed by atoms with Crippen molar-refractivity contribution in [3.63, 3.8) is 0 Å². The molecule has 0 bridgehead atoms. The van der Waals surface area contributed by atoms with Crippen molar-refractivity contribution in [1.82, 2.24) is 9.88 Å². The Morgan fingerprint density at radius 3 is 2.39 bits per heavy atom. The van der Waals surface area contributed by atoms with Crippen LogP contribution in [0.4, 0.5) is 10.5 Å². The molecule has 7 nitrogen and oxygen atoms in total. The minimum absolute atomic E-state index is 0.0798. The van der Waals surface area contributed by atoms with Gasteiger partial charge >= 0.3 is 6.03 Å². The number of thiophene rings is 1. The van der Waals surface area contributed by atoms with Gasteiger partial charge in [-0.15, -0.1) is 11.3 Å². The number of urea groups is 1. The van der Waals surface area contributed by atoms with Crippen LogP contribution in [0.5, 0.6) is 0 Å². The van der Waals surface area contributed by atoms with E-state index in [0.717, 1.165) is 58.1 Å². The Bertz CT molecular complexity index is 1560. The molecule has 3 heterocycles. The molecule has 1 aliphatic heterocycles. The van der Waals surface area contributed by atoms with Crippen molar-refractivity contribution in [2.75, 3.05) is 4.90 Å². The lowest BCUT2D eigenvalue weighted by molar-refractivity contribution is -0.122. The number of hydrogen-bond acceptors (Lipinski definition) is 5. The SMILES string of the molecule is Cc1cc(C=C2C(=O)NC(=O)N(c3ccc(C(C)(C)C)cc3)C2=O)c(C)n1-c1sc2c(c1C#N)CCCC2. The molecular weight excluding hydrogens is 496 g/mol. The first kappa shape index (κ1) is 25.7. The summed E-state index contributed by atoms with van der Waals surface area (Å²) in [6.07, 6.45) is 5.66. The van der Waals surface area contributed by atoms with E-state index in [1.54, 1.807) is 29.5 Å². The van der Waals surface area contributed by atoms with Crippen molar-refractivity contribution < 1.29 is 14.4 Å². The van der Waals surface area contributed by atoms with E-state index >= 15 is 0 Å². The van der Waals surface area contributed by atoms with Gasteiger partial charge in [-0.2, -0.15) is 5.26 Å². The molecule has 1 N–H and O–H groups in total. The maximum atomic E-state index is 13.5. The quantitative estimate of drug-likeness (QED) is 0.341. The van der Waals surface area contributed by atoms with E-state index in [0.29, 0.717) is 16.8 Å². The summed E-state index contributed by atoms with van der Waals surface area (Å²) in [5.41, 5.74) is 5.55. The number of carbonyl (C=O) groups excluding carboxylic acids is 3. The number of amides is 4. The summed E-state index contributed by atoms with van der Waals surface area (Å²) in [5.74, 6) is -1.40. The number of nitriles is 1. The van der Waals surface area contributed by atoms with Gasteiger partial charge in [-0.1, -0.05) is 32.9 Å². The van der Waals surface area contributed by atoms with Crippen LogP contribution in [0.2, 0.25) is 0 Å². The van der Waals surface area contributed by atoms with Gasteiger partial charge in [0, 0.05) is 16.3 Å². The first-order valence-corrected chi connectivity index (χ1v) is 13.6. The van der Waals surface area contributed by atoms with Gasteiger partial charge < -0.3 is 4.57 Å². The second-order valence-electron chi connectivity index (χ2n) is 10.9. The van der Waals surface area contributed by atoms with Crippen LogP contribution in [0.15, 0.2) is 35.9 Å². The van der Waals surface area contributed by atoms with Crippen LogP contribution in [0.25, 0.3) is 11.1 Å². The number of aromatic nitrogens is 1. The molecule has 0 saturated carbocycles. The maximum Gasteiger partial charge on any atom is 0.335 e. The number of barbiturate groups is 1. The van der Waals surface area contributed by atoms with E-state index in [1.165, 1.54) is 4.88 Å². The zero-order valence-electron chi connectivity index (χ0n) is 22.3. The molecule has 1 aliphatic carbocycles. The van der Waals surface area contributed by atoms with Crippen LogP contribution < -0.4 is 10.2 Å². The fourth-order valence-corrected chi connectivity index (χ4v) is 6.68. The van der Waals surface area contributed by atoms with Gasteiger partial charge in [0.25, 0.3) is 11.8 Å². The van der Waals surface area contributed by atoms with E-state index in [2.05, 4.69) is 32.2 Å². The monoisotopic (exact) mass is 526 g/mol. The molecule has 2 aromatic heterocycles. The number of benzene rings is 1. The number of rotatable bonds is 3. The van der Waals surface area contributed by atoms with Gasteiger partial charge in [0.1, 0.15) is 16.6 Å². The van der Waals surface area contributed by atoms with Crippen LogP contribution in [0.1, 0.15) is 72.1 Å². The Hall–Kier alpha value is -3.96. The van der Waals surface area contributed by atoms with Crippen molar-refractivity contribution >= 4 is 40.9 Å². The summed E-state index contributed by atoms with van der Waals surface area (Å²) < 4.78 is 2.04. The van der Waals surface area contributed by atoms with Crippen LogP contribution >= 0.6 is 11.3 Å². The van der Waals surface area contributed by atoms with Gasteiger partial charge in [0.2, 0.25) is 0 Å². The predicted octanol–water partition coefficient (Wildman–Crippen LogP) is 5.87. The van der Waals surface area contributed by atoms with E-state index in [4.69, 9.17) is 0 Å². The second-order valence-corrected chi connectivity index (χ2v) is 12.0. The average Bonchev–Trinajstić information content (AvgIpc) is 3.36. The van der Waals surface area contributed by atoms with E-state index in [9.17, 15) is 19.6 Å². The molecule has 0 radical (unpaired) electrons. The van der Waals surface area contributed by atoms with Crippen LogP contribution in [0, 0.1) is 25.2 Å². The van der Waals surface area contributed by atoms with Crippen molar-refractivity contribution in [2.24, 2.45) is 0 Å². The number of anilines is 1. The number of nitrogens with one attached hydrogen (secondary N) is 1. The summed E-state index contributed by atoms with van der Waals surface area (Å²) in [6.45, 7) is 10.1. The highest BCUT2D eigenvalue weighted by Crippen LogP contribution is 2.38. The largest absolute Gasteiger partial charge is 0.335 e. The Balaban J connectivity index is 1.54. The third-order valence-electron chi connectivity index (χ3n) is 7.33. The zero-order chi connectivity index (χ0) is 27.4. The molecule has 8 heteroatoms. The molecule has 1 aromatic carbocycles. The summed E-state index contributed by atoms with van der Waals surface area (Å²) in [7, 11) is 0. The molecular formula is C30H30N4O3S. The summed E-state index contributed by atoms with van der Waals surface area (Å²) >= 11 is 1.65. The first-order valence-electron chi connectivity index (χ1n) is 12.8. The lowest BCUT2D eigenvalue weighted by atomic mass is 9.87. The molecule has 2 aliphatic rings. The second kappa shape index (κ2) is 9.41. The zero-order valence-corrected chi connectivity index (χ0v) is 23.1. The Morgan fingerprint density at radius 2 is 1.74 bits per heavy atom. The average molecular weight is 527 g/mol. The molecule has 0 atom stereocenters. The normalized spacial score (nSPS) is 17.0. The summed E-state index contributed by atoms with van der Waals surface area (Å²) in [4.78, 5) is 41.2. The highest BCUT2D eigenvalue weighted by Gasteiger charge is 2.37. The van der Waals surface area contributed by atoms with Gasteiger partial charge in [0.15, 0.2) is 0 Å². The number of fused-ring (bicyclic) bond motifs is 1. The Labute approximate surface area is 226 Å². The predicted molar refractivity (Wildman–Crippen MR) is 149 cm³/mol. The standard InChI is InChI=1S/C30H30N4O3S/c1-17-14-19(18(2)33(17)28-24(16-31)22-8-6-7-9-25(22)38-28)15-23-26(35)32-29(37)34(27(23)36)21-12-10-20(11-13-21)30(3,4)5/h10-15H,6-9H2,1-5H3,(H,32,35,37). The number of carbonyl (C=O) groups is 3. The molecule has 1 fully saturated rings. The van der Waals surface area contributed by atoms with Crippen molar-refractivity contribution in [1.29, 1.82) is 5.26 Å². The number of aryl methyl sites for hydroxylation is 2. The highest BCUT2D eigenvalue weighted by atomic mass is 32.1. The molecule has 0 unspecified atom stereocenters. The smallest absolute Gasteiger partial charge is 0.308 e. The Morgan fingerprint density at radius 1 is 1.05 bits per heavy atom. The van der Waals surface area contributed by atoms with E-state index < -0.39 is 17.8 Å². The molecule has 3 aromatic rings. The minimum Gasteiger partial charge on any atom is -0.308 e. The number of imide groups is 2. The topological polar surface area (TPSA) is 95.2 Å². The molecule has 4 amide bonds. The van der Waals surface area contributed by atoms with Crippen molar-refractivity contribution in [3.05, 3.63) is 74.4 Å². The Kier molecular flexibility index (Phi) is 6.36. The molecule has 0 spiro atoms. The molecule has 5 rings (SSSR count). The van der Waals surface area contributed by atoms with Crippen molar-refractivity contribution in [2.45, 2.75) is 65.7 Å². The fraction of sp³-hybridized carbons (Fsp3) is 0.333. The van der Waals surface area contributed by atoms with E-state index in [-0.39, 0.29) is 11.0 Å².